The normalized spacial score (nSPS) is 23.6. The Morgan fingerprint density at radius 2 is 2.25 bits per heavy atom. The number of rotatable bonds is 2. The molecule has 0 bridgehead atoms. The molecule has 1 aromatic rings. The van der Waals surface area contributed by atoms with E-state index in [1.165, 1.54) is 0 Å². The van der Waals surface area contributed by atoms with E-state index in [0.717, 1.165) is 13.1 Å². The number of ether oxygens (including phenoxy) is 1. The van der Waals surface area contributed by atoms with E-state index >= 15 is 0 Å². The molecule has 1 aliphatic rings. The van der Waals surface area contributed by atoms with Crippen LogP contribution in [0.4, 0.5) is 0 Å². The molecule has 0 saturated carbocycles. The van der Waals surface area contributed by atoms with Crippen LogP contribution in [0.1, 0.15) is 31.7 Å². The molecule has 1 aromatic heterocycles. The first-order valence-electron chi connectivity index (χ1n) is 5.40. The largest absolute Gasteiger partial charge is 0.367 e. The van der Waals surface area contributed by atoms with Crippen LogP contribution in [0.25, 0.3) is 0 Å². The third kappa shape index (κ3) is 2.40. The second-order valence-corrected chi connectivity index (χ2v) is 4.80. The van der Waals surface area contributed by atoms with Crippen LogP contribution in [-0.4, -0.2) is 41.8 Å². The number of nitrogens with zero attached hydrogens (tertiary/aromatic N) is 3. The topological polar surface area (TPSA) is 77.4 Å². The fraction of sp³-hybridized carbons (Fsp3) is 0.800. The van der Waals surface area contributed by atoms with E-state index in [0.29, 0.717) is 18.3 Å². The van der Waals surface area contributed by atoms with Crippen LogP contribution >= 0.6 is 0 Å². The fourth-order valence-electron chi connectivity index (χ4n) is 1.56. The molecule has 1 unspecified atom stereocenters. The van der Waals surface area contributed by atoms with Crippen molar-refractivity contribution in [1.29, 1.82) is 0 Å². The van der Waals surface area contributed by atoms with Crippen molar-refractivity contribution in [1.82, 2.24) is 15.0 Å². The molecule has 6 heteroatoms. The van der Waals surface area contributed by atoms with Crippen molar-refractivity contribution >= 4 is 0 Å². The molecular formula is C10H18N4O2. The van der Waals surface area contributed by atoms with Crippen molar-refractivity contribution in [3.8, 4) is 0 Å². The van der Waals surface area contributed by atoms with Crippen molar-refractivity contribution in [2.45, 2.75) is 25.5 Å². The molecule has 2 rings (SSSR count). The molecule has 0 radical (unpaired) electrons. The van der Waals surface area contributed by atoms with Gasteiger partial charge in [0.15, 0.2) is 0 Å². The summed E-state index contributed by atoms with van der Waals surface area (Å²) in [5.74, 6) is 1.03. The summed E-state index contributed by atoms with van der Waals surface area (Å²) >= 11 is 0. The Bertz CT molecular complexity index is 358. The Balaban J connectivity index is 2.12. The third-order valence-corrected chi connectivity index (χ3v) is 2.55. The molecule has 90 valence electrons. The monoisotopic (exact) mass is 226 g/mol. The summed E-state index contributed by atoms with van der Waals surface area (Å²) in [5.41, 5.74) is 5.27. The maximum Gasteiger partial charge on any atom is 0.246 e. The van der Waals surface area contributed by atoms with Gasteiger partial charge in [0, 0.05) is 13.1 Å². The summed E-state index contributed by atoms with van der Waals surface area (Å²) in [4.78, 5) is 6.46. The Labute approximate surface area is 94.7 Å². The standard InChI is InChI=1S/C10H18N4O2/c1-10(2,11)9-12-8(13-16-9)7-6-14(3)4-5-15-7/h7H,4-6,11H2,1-3H3. The van der Waals surface area contributed by atoms with Crippen molar-refractivity contribution in [3.63, 3.8) is 0 Å². The summed E-state index contributed by atoms with van der Waals surface area (Å²) in [6.45, 7) is 6.07. The first-order valence-corrected chi connectivity index (χ1v) is 5.40. The third-order valence-electron chi connectivity index (χ3n) is 2.55. The van der Waals surface area contributed by atoms with E-state index in [-0.39, 0.29) is 6.10 Å². The van der Waals surface area contributed by atoms with Crippen molar-refractivity contribution < 1.29 is 9.26 Å². The van der Waals surface area contributed by atoms with E-state index in [1.807, 2.05) is 20.9 Å². The summed E-state index contributed by atoms with van der Waals surface area (Å²) in [7, 11) is 2.05. The Hall–Kier alpha value is -0.980. The molecular weight excluding hydrogens is 208 g/mol. The van der Waals surface area contributed by atoms with Gasteiger partial charge in [-0.2, -0.15) is 4.98 Å². The number of nitrogens with two attached hydrogens (primary N) is 1. The van der Waals surface area contributed by atoms with Crippen LogP contribution in [0.2, 0.25) is 0 Å². The van der Waals surface area contributed by atoms with E-state index in [4.69, 9.17) is 15.0 Å². The quantitative estimate of drug-likeness (QED) is 0.779. The molecule has 1 saturated heterocycles. The van der Waals surface area contributed by atoms with Gasteiger partial charge in [-0.15, -0.1) is 0 Å². The van der Waals surface area contributed by atoms with Crippen LogP contribution < -0.4 is 5.73 Å². The Morgan fingerprint density at radius 3 is 2.81 bits per heavy atom. The fourth-order valence-corrected chi connectivity index (χ4v) is 1.56. The zero-order chi connectivity index (χ0) is 11.8. The van der Waals surface area contributed by atoms with Crippen LogP contribution in [-0.2, 0) is 10.3 Å². The lowest BCUT2D eigenvalue weighted by molar-refractivity contribution is -0.0264. The molecule has 2 heterocycles. The lowest BCUT2D eigenvalue weighted by atomic mass is 10.1. The summed E-state index contributed by atoms with van der Waals surface area (Å²) < 4.78 is 10.7. The highest BCUT2D eigenvalue weighted by Crippen LogP contribution is 2.21. The lowest BCUT2D eigenvalue weighted by Gasteiger charge is -2.27. The van der Waals surface area contributed by atoms with Gasteiger partial charge < -0.3 is 19.9 Å². The molecule has 1 fully saturated rings. The average Bonchev–Trinajstić information content (AvgIpc) is 2.65. The lowest BCUT2D eigenvalue weighted by Crippen LogP contribution is -2.36. The van der Waals surface area contributed by atoms with E-state index in [9.17, 15) is 0 Å². The van der Waals surface area contributed by atoms with Crippen LogP contribution in [0, 0.1) is 0 Å². The predicted molar refractivity (Wildman–Crippen MR) is 57.7 cm³/mol. The van der Waals surface area contributed by atoms with Gasteiger partial charge in [-0.3, -0.25) is 0 Å². The number of aromatic nitrogens is 2. The zero-order valence-electron chi connectivity index (χ0n) is 9.93. The predicted octanol–water partition coefficient (Wildman–Crippen LogP) is 0.267. The molecule has 2 N–H and O–H groups in total. The molecule has 0 spiro atoms. The maximum atomic E-state index is 5.88. The highest BCUT2D eigenvalue weighted by molar-refractivity contribution is 5.00. The molecule has 0 aromatic carbocycles. The summed E-state index contributed by atoms with van der Waals surface area (Å²) in [6.07, 6.45) is -0.112. The second-order valence-electron chi connectivity index (χ2n) is 4.80. The van der Waals surface area contributed by atoms with Gasteiger partial charge in [0.1, 0.15) is 6.10 Å². The van der Waals surface area contributed by atoms with Gasteiger partial charge in [0.2, 0.25) is 11.7 Å². The van der Waals surface area contributed by atoms with Gasteiger partial charge in [-0.05, 0) is 20.9 Å². The summed E-state index contributed by atoms with van der Waals surface area (Å²) in [6, 6.07) is 0. The maximum absolute atomic E-state index is 5.88. The van der Waals surface area contributed by atoms with Gasteiger partial charge in [-0.25, -0.2) is 0 Å². The van der Waals surface area contributed by atoms with Crippen molar-refractivity contribution in [2.75, 3.05) is 26.7 Å². The number of hydrogen-bond acceptors (Lipinski definition) is 6. The van der Waals surface area contributed by atoms with E-state index in [2.05, 4.69) is 15.0 Å². The molecule has 16 heavy (non-hydrogen) atoms. The first-order chi connectivity index (χ1) is 7.47. The minimum Gasteiger partial charge on any atom is -0.367 e. The minimum atomic E-state index is -0.605. The first kappa shape index (κ1) is 11.5. The molecule has 0 amide bonds. The van der Waals surface area contributed by atoms with Crippen LogP contribution in [0.5, 0.6) is 0 Å². The second kappa shape index (κ2) is 4.12. The minimum absolute atomic E-state index is 0.112. The zero-order valence-corrected chi connectivity index (χ0v) is 9.93. The van der Waals surface area contributed by atoms with E-state index in [1.54, 1.807) is 0 Å². The Morgan fingerprint density at radius 1 is 1.50 bits per heavy atom. The smallest absolute Gasteiger partial charge is 0.246 e. The number of morpholine rings is 1. The summed E-state index contributed by atoms with van der Waals surface area (Å²) in [5, 5.41) is 3.92. The number of likely N-dealkylation sites (N-methyl/N-ethyl adjacent to an activating group) is 1. The molecule has 1 aliphatic heterocycles. The highest BCUT2D eigenvalue weighted by Gasteiger charge is 2.28. The van der Waals surface area contributed by atoms with Gasteiger partial charge in [0.05, 0.1) is 12.1 Å². The van der Waals surface area contributed by atoms with Crippen molar-refractivity contribution in [2.24, 2.45) is 5.73 Å². The van der Waals surface area contributed by atoms with Gasteiger partial charge in [-0.1, -0.05) is 5.16 Å². The van der Waals surface area contributed by atoms with Crippen LogP contribution in [0.3, 0.4) is 0 Å². The Kier molecular flexibility index (Phi) is 2.96. The van der Waals surface area contributed by atoms with Crippen LogP contribution in [0.15, 0.2) is 4.52 Å². The molecule has 0 aliphatic carbocycles. The van der Waals surface area contributed by atoms with E-state index < -0.39 is 5.54 Å². The van der Waals surface area contributed by atoms with Gasteiger partial charge in [0.25, 0.3) is 0 Å². The SMILES string of the molecule is CN1CCOC(c2noc(C(C)(C)N)n2)C1. The molecule has 6 nitrogen and oxygen atoms in total. The van der Waals surface area contributed by atoms with Gasteiger partial charge >= 0.3 is 0 Å². The average molecular weight is 226 g/mol. The highest BCUT2D eigenvalue weighted by atomic mass is 16.5. The van der Waals surface area contributed by atoms with Crippen molar-refractivity contribution in [3.05, 3.63) is 11.7 Å². The molecule has 1 atom stereocenters. The number of hydrogen-bond donors (Lipinski definition) is 1.